The highest BCUT2D eigenvalue weighted by molar-refractivity contribution is 7.44. The highest BCUT2D eigenvalue weighted by Gasteiger charge is 2.45. The number of nitrogens with zero attached hydrogens (tertiary/aromatic N) is 10. The summed E-state index contributed by atoms with van der Waals surface area (Å²) >= 11 is 0. The van der Waals surface area contributed by atoms with Crippen LogP contribution in [0.1, 0.15) is 131 Å². The van der Waals surface area contributed by atoms with Gasteiger partial charge in [-0.05, 0) is 131 Å². The third-order valence-electron chi connectivity index (χ3n) is 17.8. The van der Waals surface area contributed by atoms with E-state index in [1.165, 1.54) is 0 Å². The van der Waals surface area contributed by atoms with Crippen molar-refractivity contribution in [1.82, 2.24) is 55.1 Å². The van der Waals surface area contributed by atoms with Gasteiger partial charge >= 0.3 is 18.1 Å². The van der Waals surface area contributed by atoms with Crippen LogP contribution in [0.4, 0.5) is 24.8 Å². The minimum atomic E-state index is -5.36. The summed E-state index contributed by atoms with van der Waals surface area (Å²) in [5, 5.41) is 25.8. The first-order valence-electron chi connectivity index (χ1n) is 36.7. The third-order valence-corrected chi connectivity index (χ3v) is 20.0. The van der Waals surface area contributed by atoms with Crippen molar-refractivity contribution < 1.29 is 84.1 Å². The molecular weight excluding hydrogens is 1460 g/mol. The van der Waals surface area contributed by atoms with Gasteiger partial charge in [0.1, 0.15) is 23.1 Å². The third kappa shape index (κ3) is 25.3. The van der Waals surface area contributed by atoms with Crippen LogP contribution in [0.25, 0.3) is 11.2 Å². The number of benzene rings is 4. The Balaban J connectivity index is 0.728. The van der Waals surface area contributed by atoms with E-state index in [1.54, 1.807) is 32.7 Å². The van der Waals surface area contributed by atoms with E-state index in [0.29, 0.717) is 101 Å². The van der Waals surface area contributed by atoms with Crippen LogP contribution in [0, 0.1) is 17.2 Å². The standard InChI is InChI=1S/C77H98F3N14O16P/c1-51(2)70(97)87-75-86-69-68(72(99)88-75)84-59(46-83-69)48-93(74(101)77(78,79)80)60-27-21-54(22-28-60)71(98)85-65(73(100)104-9)33-34-66(95)82-36-15-38-105-41-43-107-44-42-106-39-16-37-91-47-58(89-90-91)19-13-20-67(96)92-49-64(110-111(109-40-14-35-81)94(52(3)4)53(5)6)45-61(92)50-108-76(55-17-11-10-12-18-55,56-23-29-62(102-7)30-24-56)57-25-31-63(103-8)32-26-57/h10-12,17-18,21-32,46-47,51-53,61,64-65H,13-16,19-20,33-34,36-45,48-50H2,1-9H3,(H,82,95)(H,85,98)(H2,83,86,87,88,97,99)/t61-,64+,65-,111?/m0/s1. The average molecular weight is 1560 g/mol. The molecule has 8 rings (SSSR count). The predicted octanol–water partition coefficient (Wildman–Crippen LogP) is 9.30. The SMILES string of the molecule is COC(=O)[C@H](CCC(=O)NCCCOCCOCCOCCCn1cc(CCCC(=O)N2C[C@H](OP(OCCC#N)N(C(C)C)C(C)C)C[C@H]2COC(c2ccccc2)(c2ccc(OC)cc2)c2ccc(OC)cc2)nn1)NC(=O)c1ccc(N(Cc2cnc3nc(NC(=O)C(C)C)[nH]c(=O)c3n2)C(=O)C(F)(F)F)cc1. The molecular formula is C77H98F3N14O16P. The Hall–Kier alpha value is -9.91. The number of fused-ring (bicyclic) bond motifs is 1. The highest BCUT2D eigenvalue weighted by Crippen LogP contribution is 2.49. The quantitative estimate of drug-likeness (QED) is 0.0119. The van der Waals surface area contributed by atoms with Gasteiger partial charge in [0.2, 0.25) is 23.7 Å². The summed E-state index contributed by atoms with van der Waals surface area (Å²) in [6.07, 6.45) is -0.101. The number of aryl methyl sites for hydroxylation is 2. The summed E-state index contributed by atoms with van der Waals surface area (Å²) in [5.41, 5.74) is 0.143. The molecule has 3 aromatic heterocycles. The number of esters is 1. The van der Waals surface area contributed by atoms with E-state index in [9.17, 15) is 52.0 Å². The Labute approximate surface area is 643 Å². The van der Waals surface area contributed by atoms with Crippen LogP contribution >= 0.6 is 8.53 Å². The molecule has 111 heavy (non-hydrogen) atoms. The maximum Gasteiger partial charge on any atom is 0.471 e. The van der Waals surface area contributed by atoms with Gasteiger partial charge in [-0.1, -0.05) is 73.7 Å². The molecule has 5 amide bonds. The van der Waals surface area contributed by atoms with Gasteiger partial charge in [-0.15, -0.1) is 5.10 Å². The number of aromatic amines is 1. The largest absolute Gasteiger partial charge is 0.497 e. The predicted molar refractivity (Wildman–Crippen MR) is 404 cm³/mol. The van der Waals surface area contributed by atoms with Gasteiger partial charge < -0.3 is 57.7 Å². The van der Waals surface area contributed by atoms with E-state index < -0.39 is 86.1 Å². The lowest BCUT2D eigenvalue weighted by atomic mass is 9.80. The number of ether oxygens (including phenoxy) is 7. The molecule has 1 aliphatic heterocycles. The number of aromatic nitrogens is 7. The maximum absolute atomic E-state index is 14.7. The first-order chi connectivity index (χ1) is 53.3. The van der Waals surface area contributed by atoms with E-state index in [-0.39, 0.29) is 97.5 Å². The summed E-state index contributed by atoms with van der Waals surface area (Å²) in [4.78, 5) is 108. The molecule has 7 aromatic rings. The van der Waals surface area contributed by atoms with Crippen molar-refractivity contribution in [3.05, 3.63) is 160 Å². The fourth-order valence-corrected chi connectivity index (χ4v) is 14.0. The number of nitriles is 1. The second-order valence-electron chi connectivity index (χ2n) is 26.9. The first-order valence-corrected chi connectivity index (χ1v) is 37.8. The highest BCUT2D eigenvalue weighted by atomic mass is 31.2. The number of hydrogen-bond acceptors (Lipinski definition) is 23. The van der Waals surface area contributed by atoms with E-state index >= 15 is 0 Å². The Morgan fingerprint density at radius 3 is 1.99 bits per heavy atom. The van der Waals surface area contributed by atoms with Crippen molar-refractivity contribution in [3.63, 3.8) is 0 Å². The monoisotopic (exact) mass is 1560 g/mol. The zero-order chi connectivity index (χ0) is 80.0. The molecule has 4 aromatic carbocycles. The Morgan fingerprint density at radius 1 is 0.757 bits per heavy atom. The lowest BCUT2D eigenvalue weighted by molar-refractivity contribution is -0.170. The maximum atomic E-state index is 14.7. The molecule has 4 atom stereocenters. The van der Waals surface area contributed by atoms with Gasteiger partial charge in [0.25, 0.3) is 20.0 Å². The van der Waals surface area contributed by atoms with Crippen molar-refractivity contribution in [2.45, 2.75) is 154 Å². The lowest BCUT2D eigenvalue weighted by Gasteiger charge is -2.38. The van der Waals surface area contributed by atoms with Crippen LogP contribution < -0.4 is 35.9 Å². The molecule has 1 aliphatic rings. The van der Waals surface area contributed by atoms with Crippen LogP contribution in [0.5, 0.6) is 11.5 Å². The fraction of sp³-hybridized carbons (Fsp3) is 0.494. The normalized spacial score (nSPS) is 14.4. The Kier molecular flexibility index (Phi) is 33.6. The molecule has 30 nitrogen and oxygen atoms in total. The van der Waals surface area contributed by atoms with Crippen molar-refractivity contribution in [2.75, 3.05) is 97.5 Å². The number of amides is 5. The molecule has 0 radical (unpaired) electrons. The van der Waals surface area contributed by atoms with E-state index in [0.717, 1.165) is 60.0 Å². The van der Waals surface area contributed by atoms with Crippen molar-refractivity contribution in [2.24, 2.45) is 5.92 Å². The molecule has 34 heteroatoms. The summed E-state index contributed by atoms with van der Waals surface area (Å²) in [5.74, 6) is -4.18. The van der Waals surface area contributed by atoms with Gasteiger partial charge in [-0.25, -0.2) is 19.4 Å². The second-order valence-corrected chi connectivity index (χ2v) is 28.3. The average Bonchev–Trinajstić information content (AvgIpc) is 1.41. The number of alkyl halides is 3. The van der Waals surface area contributed by atoms with Crippen LogP contribution in [-0.4, -0.2) is 204 Å². The topological polar surface area (TPSA) is 357 Å². The fourth-order valence-electron chi connectivity index (χ4n) is 12.3. The van der Waals surface area contributed by atoms with Crippen molar-refractivity contribution >= 4 is 66.8 Å². The minimum absolute atomic E-state index is 0.0466. The van der Waals surface area contributed by atoms with E-state index in [2.05, 4.69) is 84.6 Å². The summed E-state index contributed by atoms with van der Waals surface area (Å²) < 4.78 is 99.5. The molecule has 1 unspecified atom stereocenters. The van der Waals surface area contributed by atoms with Crippen LogP contribution in [0.2, 0.25) is 0 Å². The molecule has 0 spiro atoms. The molecule has 0 saturated carbocycles. The molecule has 4 N–H and O–H groups in total. The second kappa shape index (κ2) is 43.1. The number of methoxy groups -OCH3 is 3. The number of carbonyl (C=O) groups excluding carboxylic acids is 6. The molecule has 0 bridgehead atoms. The zero-order valence-electron chi connectivity index (χ0n) is 63.9. The molecule has 0 aliphatic carbocycles. The zero-order valence-corrected chi connectivity index (χ0v) is 64.8. The summed E-state index contributed by atoms with van der Waals surface area (Å²) in [6, 6.07) is 30.7. The number of H-pyrrole nitrogens is 1. The summed E-state index contributed by atoms with van der Waals surface area (Å²) in [7, 11) is 2.75. The molecule has 1 saturated heterocycles. The first kappa shape index (κ1) is 86.7. The number of likely N-dealkylation sites (tertiary alicyclic amines) is 1. The number of carbonyl (C=O) groups is 6. The van der Waals surface area contributed by atoms with Crippen molar-refractivity contribution in [1.29, 1.82) is 5.26 Å². The summed E-state index contributed by atoms with van der Waals surface area (Å²) in [6.45, 7) is 14.3. The number of anilines is 2. The molecule has 598 valence electrons. The van der Waals surface area contributed by atoms with Crippen LogP contribution in [0.15, 0.2) is 120 Å². The van der Waals surface area contributed by atoms with Gasteiger partial charge in [0, 0.05) is 81.1 Å². The lowest BCUT2D eigenvalue weighted by Crippen LogP contribution is -2.42. The number of rotatable bonds is 45. The Morgan fingerprint density at radius 2 is 1.39 bits per heavy atom. The van der Waals surface area contributed by atoms with E-state index in [4.69, 9.17) is 42.2 Å². The van der Waals surface area contributed by atoms with Gasteiger partial charge in [0.15, 0.2) is 11.2 Å². The van der Waals surface area contributed by atoms with E-state index in [1.807, 2.05) is 90.0 Å². The number of halogens is 3. The minimum Gasteiger partial charge on any atom is -0.497 e. The molecule has 1 fully saturated rings. The molecule has 4 heterocycles. The number of nitrogens with one attached hydrogen (secondary N) is 4. The van der Waals surface area contributed by atoms with Crippen LogP contribution in [0.3, 0.4) is 0 Å². The van der Waals surface area contributed by atoms with Gasteiger partial charge in [-0.2, -0.15) is 23.4 Å². The van der Waals surface area contributed by atoms with Gasteiger partial charge in [-0.3, -0.25) is 48.6 Å². The van der Waals surface area contributed by atoms with Crippen molar-refractivity contribution in [3.8, 4) is 17.6 Å². The number of hydrogen-bond donors (Lipinski definition) is 4. The van der Waals surface area contributed by atoms with Crippen LogP contribution in [-0.2, 0) is 81.8 Å². The Bertz CT molecular complexity index is 4190. The van der Waals surface area contributed by atoms with Gasteiger partial charge in [0.05, 0.1) is 110 Å². The smallest absolute Gasteiger partial charge is 0.471 e.